The van der Waals surface area contributed by atoms with Crippen LogP contribution in [0.25, 0.3) is 22.6 Å². The Labute approximate surface area is 98.9 Å². The lowest BCUT2D eigenvalue weighted by molar-refractivity contribution is 1.07. The van der Waals surface area contributed by atoms with Crippen LogP contribution in [0.5, 0.6) is 0 Å². The van der Waals surface area contributed by atoms with Gasteiger partial charge in [0.1, 0.15) is 11.3 Å². The Bertz CT molecular complexity index is 843. The molecule has 0 amide bonds. The molecular weight excluding hydrogens is 236 g/mol. The highest BCUT2D eigenvalue weighted by Gasteiger charge is 2.11. The predicted octanol–water partition coefficient (Wildman–Crippen LogP) is -0.416. The number of nitrogens with zero attached hydrogens (tertiary/aromatic N) is 2. The summed E-state index contributed by atoms with van der Waals surface area (Å²) >= 11 is 0. The van der Waals surface area contributed by atoms with Crippen molar-refractivity contribution in [3.63, 3.8) is 0 Å². The number of nitrogens with two attached hydrogens (primary N) is 1. The number of rotatable bonds is 1. The van der Waals surface area contributed by atoms with E-state index in [1.807, 2.05) is 0 Å². The Morgan fingerprint density at radius 1 is 1.17 bits per heavy atom. The second kappa shape index (κ2) is 3.55. The van der Waals surface area contributed by atoms with Gasteiger partial charge in [-0.3, -0.25) is 19.7 Å². The monoisotopic (exact) mass is 244 g/mol. The number of nitrogens with one attached hydrogen (secondary N) is 3. The molecule has 0 aliphatic carbocycles. The van der Waals surface area contributed by atoms with Crippen LogP contribution in [0.4, 0.5) is 5.69 Å². The standard InChI is InChI=1S/C10H8N6O2/c11-5-3-12-2-1-4(5)7-13-6-8(14-7)15-10(18)16-9(6)17/h1-3H,11H2,(H3,13,14,15,16,17,18). The van der Waals surface area contributed by atoms with Crippen molar-refractivity contribution in [1.82, 2.24) is 24.9 Å². The third-order valence-electron chi connectivity index (χ3n) is 2.50. The number of H-pyrrole nitrogens is 3. The number of imidazole rings is 1. The van der Waals surface area contributed by atoms with Crippen LogP contribution in [-0.4, -0.2) is 24.9 Å². The fourth-order valence-electron chi connectivity index (χ4n) is 1.68. The summed E-state index contributed by atoms with van der Waals surface area (Å²) in [7, 11) is 0. The topological polar surface area (TPSA) is 133 Å². The van der Waals surface area contributed by atoms with Crippen molar-refractivity contribution < 1.29 is 0 Å². The van der Waals surface area contributed by atoms with E-state index in [0.717, 1.165) is 0 Å². The molecule has 3 heterocycles. The van der Waals surface area contributed by atoms with Gasteiger partial charge in [0.25, 0.3) is 5.56 Å². The molecule has 5 N–H and O–H groups in total. The number of fused-ring (bicyclic) bond motifs is 1. The van der Waals surface area contributed by atoms with Crippen LogP contribution in [0.15, 0.2) is 28.0 Å². The molecule has 0 aliphatic heterocycles. The second-order valence-electron chi connectivity index (χ2n) is 3.68. The first kappa shape index (κ1) is 10.3. The van der Waals surface area contributed by atoms with Gasteiger partial charge in [-0.05, 0) is 6.07 Å². The van der Waals surface area contributed by atoms with E-state index in [-0.39, 0.29) is 11.2 Å². The van der Waals surface area contributed by atoms with Crippen molar-refractivity contribution in [3.8, 4) is 11.4 Å². The summed E-state index contributed by atoms with van der Waals surface area (Å²) < 4.78 is 0. The highest BCUT2D eigenvalue weighted by Crippen LogP contribution is 2.22. The van der Waals surface area contributed by atoms with E-state index >= 15 is 0 Å². The van der Waals surface area contributed by atoms with E-state index in [1.54, 1.807) is 12.3 Å². The normalized spacial score (nSPS) is 10.9. The maximum Gasteiger partial charge on any atom is 0.327 e. The van der Waals surface area contributed by atoms with Gasteiger partial charge in [-0.15, -0.1) is 0 Å². The molecule has 0 unspecified atom stereocenters. The van der Waals surface area contributed by atoms with Gasteiger partial charge >= 0.3 is 5.69 Å². The third kappa shape index (κ3) is 1.47. The van der Waals surface area contributed by atoms with Gasteiger partial charge < -0.3 is 10.7 Å². The molecule has 18 heavy (non-hydrogen) atoms. The molecule has 3 aromatic heterocycles. The van der Waals surface area contributed by atoms with E-state index in [9.17, 15) is 9.59 Å². The summed E-state index contributed by atoms with van der Waals surface area (Å²) in [4.78, 5) is 38.0. The number of anilines is 1. The van der Waals surface area contributed by atoms with E-state index in [4.69, 9.17) is 5.73 Å². The fraction of sp³-hybridized carbons (Fsp3) is 0. The van der Waals surface area contributed by atoms with Gasteiger partial charge in [0, 0.05) is 11.8 Å². The number of nitrogen functional groups attached to an aromatic ring is 1. The van der Waals surface area contributed by atoms with Crippen molar-refractivity contribution in [3.05, 3.63) is 39.3 Å². The van der Waals surface area contributed by atoms with Gasteiger partial charge in [0.05, 0.1) is 11.9 Å². The molecule has 0 bridgehead atoms. The molecule has 0 radical (unpaired) electrons. The minimum absolute atomic E-state index is 0.190. The maximum absolute atomic E-state index is 11.5. The Balaban J connectivity index is 2.33. The zero-order valence-electron chi connectivity index (χ0n) is 9.02. The SMILES string of the molecule is Nc1cnccc1-c1nc2[nH]c(=O)[nH]c(=O)c2[nH]1. The van der Waals surface area contributed by atoms with Gasteiger partial charge in [0.15, 0.2) is 5.65 Å². The van der Waals surface area contributed by atoms with Crippen LogP contribution < -0.4 is 17.0 Å². The van der Waals surface area contributed by atoms with Crippen molar-refractivity contribution in [2.75, 3.05) is 5.73 Å². The lowest BCUT2D eigenvalue weighted by atomic mass is 10.2. The highest BCUT2D eigenvalue weighted by molar-refractivity contribution is 5.78. The lowest BCUT2D eigenvalue weighted by Gasteiger charge is -1.99. The molecule has 0 aliphatic rings. The van der Waals surface area contributed by atoms with Gasteiger partial charge in [-0.25, -0.2) is 9.78 Å². The molecule has 0 saturated heterocycles. The average Bonchev–Trinajstić information content (AvgIpc) is 2.73. The Hall–Kier alpha value is -2.90. The molecule has 0 atom stereocenters. The summed E-state index contributed by atoms with van der Waals surface area (Å²) in [5, 5.41) is 0. The molecule has 0 saturated carbocycles. The van der Waals surface area contributed by atoms with Crippen molar-refractivity contribution in [2.24, 2.45) is 0 Å². The minimum atomic E-state index is -0.603. The Morgan fingerprint density at radius 3 is 2.78 bits per heavy atom. The summed E-state index contributed by atoms with van der Waals surface area (Å²) in [6.45, 7) is 0. The van der Waals surface area contributed by atoms with E-state index < -0.39 is 11.2 Å². The third-order valence-corrected chi connectivity index (χ3v) is 2.50. The molecule has 3 aromatic rings. The fourth-order valence-corrected chi connectivity index (χ4v) is 1.68. The quantitative estimate of drug-likeness (QED) is 0.461. The van der Waals surface area contributed by atoms with E-state index in [0.29, 0.717) is 17.1 Å². The lowest BCUT2D eigenvalue weighted by Crippen LogP contribution is -2.21. The smallest absolute Gasteiger partial charge is 0.327 e. The summed E-state index contributed by atoms with van der Waals surface area (Å²) in [6.07, 6.45) is 3.04. The summed E-state index contributed by atoms with van der Waals surface area (Å²) in [5.74, 6) is 0.400. The molecule has 0 fully saturated rings. The summed E-state index contributed by atoms with van der Waals surface area (Å²) in [5.41, 5.74) is 6.05. The number of aromatic nitrogens is 5. The average molecular weight is 244 g/mol. The zero-order chi connectivity index (χ0) is 12.7. The first-order valence-electron chi connectivity index (χ1n) is 5.07. The number of aromatic amines is 3. The van der Waals surface area contributed by atoms with Crippen LogP contribution in [-0.2, 0) is 0 Å². The van der Waals surface area contributed by atoms with Crippen molar-refractivity contribution in [1.29, 1.82) is 0 Å². The van der Waals surface area contributed by atoms with Crippen molar-refractivity contribution >= 4 is 16.9 Å². The Kier molecular flexibility index (Phi) is 2.03. The molecule has 8 heteroatoms. The van der Waals surface area contributed by atoms with Gasteiger partial charge in [0.2, 0.25) is 0 Å². The molecule has 3 rings (SSSR count). The van der Waals surface area contributed by atoms with Crippen LogP contribution in [0.3, 0.4) is 0 Å². The van der Waals surface area contributed by atoms with E-state index in [1.165, 1.54) is 6.20 Å². The van der Waals surface area contributed by atoms with Crippen LogP contribution in [0, 0.1) is 0 Å². The number of hydrogen-bond donors (Lipinski definition) is 4. The molecule has 0 aromatic carbocycles. The van der Waals surface area contributed by atoms with Crippen LogP contribution in [0.1, 0.15) is 0 Å². The first-order valence-corrected chi connectivity index (χ1v) is 5.07. The van der Waals surface area contributed by atoms with E-state index in [2.05, 4.69) is 24.9 Å². The molecule has 90 valence electrons. The zero-order valence-corrected chi connectivity index (χ0v) is 9.02. The largest absolute Gasteiger partial charge is 0.397 e. The molecule has 0 spiro atoms. The Morgan fingerprint density at radius 2 is 2.00 bits per heavy atom. The second-order valence-corrected chi connectivity index (χ2v) is 3.68. The van der Waals surface area contributed by atoms with Crippen LogP contribution >= 0.6 is 0 Å². The molecule has 8 nitrogen and oxygen atoms in total. The first-order chi connectivity index (χ1) is 8.65. The summed E-state index contributed by atoms with van der Waals surface area (Å²) in [6, 6.07) is 1.67. The number of pyridine rings is 1. The minimum Gasteiger partial charge on any atom is -0.397 e. The molecular formula is C10H8N6O2. The van der Waals surface area contributed by atoms with Gasteiger partial charge in [-0.1, -0.05) is 0 Å². The maximum atomic E-state index is 11.5. The van der Waals surface area contributed by atoms with Crippen LogP contribution in [0.2, 0.25) is 0 Å². The number of hydrogen-bond acceptors (Lipinski definition) is 5. The predicted molar refractivity (Wildman–Crippen MR) is 65.0 cm³/mol. The highest BCUT2D eigenvalue weighted by atomic mass is 16.2. The van der Waals surface area contributed by atoms with Crippen molar-refractivity contribution in [2.45, 2.75) is 0 Å². The van der Waals surface area contributed by atoms with Gasteiger partial charge in [-0.2, -0.15) is 0 Å².